The molecule has 106 valence electrons. The lowest BCUT2D eigenvalue weighted by molar-refractivity contribution is 0.612. The van der Waals surface area contributed by atoms with E-state index >= 15 is 0 Å². The maximum absolute atomic E-state index is 9.17. The number of rotatable bonds is 2. The van der Waals surface area contributed by atoms with Crippen molar-refractivity contribution < 1.29 is 0 Å². The first kappa shape index (κ1) is 13.6. The van der Waals surface area contributed by atoms with E-state index in [1.807, 2.05) is 0 Å². The molecule has 1 aliphatic heterocycles. The Kier molecular flexibility index (Phi) is 4.11. The van der Waals surface area contributed by atoms with E-state index in [0.717, 1.165) is 31.7 Å². The van der Waals surface area contributed by atoms with Gasteiger partial charge in [-0.15, -0.1) is 0 Å². The van der Waals surface area contributed by atoms with E-state index in [-0.39, 0.29) is 0 Å². The zero-order chi connectivity index (χ0) is 14.5. The molecule has 2 aromatic rings. The Morgan fingerprint density at radius 3 is 2.67 bits per heavy atom. The molecule has 0 saturated carbocycles. The molecule has 1 unspecified atom stereocenters. The maximum atomic E-state index is 9.17. The van der Waals surface area contributed by atoms with Gasteiger partial charge in [-0.2, -0.15) is 5.26 Å². The van der Waals surface area contributed by atoms with Gasteiger partial charge in [0.2, 0.25) is 0 Å². The number of hydrogen-bond acceptors (Lipinski definition) is 4. The average Bonchev–Trinajstić information content (AvgIpc) is 2.81. The lowest BCUT2D eigenvalue weighted by Crippen LogP contribution is -2.26. The number of benzene rings is 1. The Bertz CT molecular complexity index is 633. The summed E-state index contributed by atoms with van der Waals surface area (Å²) in [7, 11) is 0. The van der Waals surface area contributed by atoms with E-state index in [9.17, 15) is 5.26 Å². The van der Waals surface area contributed by atoms with Crippen molar-refractivity contribution in [2.45, 2.75) is 25.2 Å². The van der Waals surface area contributed by atoms with Crippen molar-refractivity contribution in [1.29, 1.82) is 5.26 Å². The Labute approximate surface area is 125 Å². The molecule has 0 amide bonds. The smallest absolute Gasteiger partial charge is 0.183 e. The van der Waals surface area contributed by atoms with Crippen LogP contribution in [0.25, 0.3) is 0 Å². The van der Waals surface area contributed by atoms with Gasteiger partial charge in [0.05, 0.1) is 0 Å². The number of aromatic nitrogens is 2. The number of nitriles is 1. The van der Waals surface area contributed by atoms with E-state index in [2.05, 4.69) is 51.3 Å². The summed E-state index contributed by atoms with van der Waals surface area (Å²) in [5, 5.41) is 9.17. The number of hydrogen-bond donors (Lipinski definition) is 0. The summed E-state index contributed by atoms with van der Waals surface area (Å²) in [4.78, 5) is 10.7. The SMILES string of the molecule is N#Cc1nccnc1N1CCCC(c2ccccc2)CC1. The van der Waals surface area contributed by atoms with E-state index in [4.69, 9.17) is 0 Å². The van der Waals surface area contributed by atoms with Gasteiger partial charge in [-0.1, -0.05) is 30.3 Å². The fraction of sp³-hybridized carbons (Fsp3) is 0.353. The van der Waals surface area contributed by atoms with Gasteiger partial charge in [0.1, 0.15) is 6.07 Å². The Morgan fingerprint density at radius 2 is 1.86 bits per heavy atom. The monoisotopic (exact) mass is 278 g/mol. The van der Waals surface area contributed by atoms with Gasteiger partial charge < -0.3 is 4.90 Å². The first-order valence-electron chi connectivity index (χ1n) is 7.39. The minimum Gasteiger partial charge on any atom is -0.354 e. The molecule has 0 radical (unpaired) electrons. The summed E-state index contributed by atoms with van der Waals surface area (Å²) in [5.74, 6) is 1.33. The molecular weight excluding hydrogens is 260 g/mol. The molecule has 2 heterocycles. The zero-order valence-electron chi connectivity index (χ0n) is 11.9. The van der Waals surface area contributed by atoms with Crippen molar-refractivity contribution in [3.63, 3.8) is 0 Å². The minimum atomic E-state index is 0.427. The molecule has 1 saturated heterocycles. The molecule has 21 heavy (non-hydrogen) atoms. The van der Waals surface area contributed by atoms with Crippen molar-refractivity contribution in [3.8, 4) is 6.07 Å². The highest BCUT2D eigenvalue weighted by molar-refractivity contribution is 5.49. The van der Waals surface area contributed by atoms with Crippen LogP contribution in [0.5, 0.6) is 0 Å². The third-order valence-electron chi connectivity index (χ3n) is 4.08. The molecule has 1 aromatic heterocycles. The van der Waals surface area contributed by atoms with Crippen LogP contribution in [0.3, 0.4) is 0 Å². The van der Waals surface area contributed by atoms with Gasteiger partial charge in [0, 0.05) is 25.5 Å². The molecule has 3 rings (SSSR count). The summed E-state index contributed by atoms with van der Waals surface area (Å²) in [6, 6.07) is 12.8. The molecule has 1 aliphatic rings. The van der Waals surface area contributed by atoms with Crippen molar-refractivity contribution in [1.82, 2.24) is 9.97 Å². The Balaban J connectivity index is 1.76. The average molecular weight is 278 g/mol. The van der Waals surface area contributed by atoms with Crippen LogP contribution in [0.1, 0.15) is 36.4 Å². The molecule has 0 bridgehead atoms. The van der Waals surface area contributed by atoms with Gasteiger partial charge in [-0.25, -0.2) is 9.97 Å². The predicted octanol–water partition coefficient (Wildman–Crippen LogP) is 3.12. The lowest BCUT2D eigenvalue weighted by atomic mass is 9.92. The largest absolute Gasteiger partial charge is 0.354 e. The second-order valence-electron chi connectivity index (χ2n) is 5.37. The summed E-state index contributed by atoms with van der Waals surface area (Å²) in [5.41, 5.74) is 1.84. The first-order chi connectivity index (χ1) is 10.4. The first-order valence-corrected chi connectivity index (χ1v) is 7.39. The third kappa shape index (κ3) is 3.03. The topological polar surface area (TPSA) is 52.8 Å². The van der Waals surface area contributed by atoms with Gasteiger partial charge in [0.15, 0.2) is 11.5 Å². The molecule has 1 fully saturated rings. The maximum Gasteiger partial charge on any atom is 0.183 e. The molecule has 1 aromatic carbocycles. The standard InChI is InChI=1S/C17H18N4/c18-13-16-17(20-10-9-19-16)21-11-4-7-15(8-12-21)14-5-2-1-3-6-14/h1-3,5-6,9-10,15H,4,7-8,11-12H2. The summed E-state index contributed by atoms with van der Waals surface area (Å²) >= 11 is 0. The fourth-order valence-electron chi connectivity index (χ4n) is 3.01. The van der Waals surface area contributed by atoms with Crippen LogP contribution in [0.2, 0.25) is 0 Å². The van der Waals surface area contributed by atoms with Gasteiger partial charge in [0.25, 0.3) is 0 Å². The molecule has 0 aliphatic carbocycles. The highest BCUT2D eigenvalue weighted by Crippen LogP contribution is 2.29. The van der Waals surface area contributed by atoms with Crippen LogP contribution >= 0.6 is 0 Å². The molecule has 0 N–H and O–H groups in total. The second kappa shape index (κ2) is 6.36. The van der Waals surface area contributed by atoms with E-state index in [1.165, 1.54) is 12.0 Å². The van der Waals surface area contributed by atoms with Crippen molar-refractivity contribution >= 4 is 5.82 Å². The summed E-state index contributed by atoms with van der Waals surface area (Å²) in [6.07, 6.45) is 6.62. The summed E-state index contributed by atoms with van der Waals surface area (Å²) < 4.78 is 0. The summed E-state index contributed by atoms with van der Waals surface area (Å²) in [6.45, 7) is 1.86. The van der Waals surface area contributed by atoms with Crippen LogP contribution in [0.15, 0.2) is 42.7 Å². The lowest BCUT2D eigenvalue weighted by Gasteiger charge is -2.22. The number of anilines is 1. The zero-order valence-corrected chi connectivity index (χ0v) is 11.9. The van der Waals surface area contributed by atoms with Crippen LogP contribution in [-0.4, -0.2) is 23.1 Å². The minimum absolute atomic E-state index is 0.427. The van der Waals surface area contributed by atoms with Crippen molar-refractivity contribution in [3.05, 3.63) is 54.0 Å². The molecule has 0 spiro atoms. The van der Waals surface area contributed by atoms with Crippen molar-refractivity contribution in [2.75, 3.05) is 18.0 Å². The van der Waals surface area contributed by atoms with Crippen molar-refractivity contribution in [2.24, 2.45) is 0 Å². The fourth-order valence-corrected chi connectivity index (χ4v) is 3.01. The highest BCUT2D eigenvalue weighted by Gasteiger charge is 2.21. The number of nitrogens with zero attached hydrogens (tertiary/aromatic N) is 4. The van der Waals surface area contributed by atoms with Crippen LogP contribution < -0.4 is 4.90 Å². The van der Waals surface area contributed by atoms with E-state index < -0.39 is 0 Å². The third-order valence-corrected chi connectivity index (χ3v) is 4.08. The highest BCUT2D eigenvalue weighted by atomic mass is 15.2. The van der Waals surface area contributed by atoms with Gasteiger partial charge in [-0.05, 0) is 30.7 Å². The van der Waals surface area contributed by atoms with E-state index in [1.54, 1.807) is 12.4 Å². The molecule has 4 nitrogen and oxygen atoms in total. The second-order valence-corrected chi connectivity index (χ2v) is 5.37. The van der Waals surface area contributed by atoms with Gasteiger partial charge >= 0.3 is 0 Å². The van der Waals surface area contributed by atoms with E-state index in [0.29, 0.717) is 11.6 Å². The Hall–Kier alpha value is -2.41. The molecule has 4 heteroatoms. The van der Waals surface area contributed by atoms with Crippen LogP contribution in [0.4, 0.5) is 5.82 Å². The normalized spacial score (nSPS) is 18.8. The quantitative estimate of drug-likeness (QED) is 0.847. The molecular formula is C17H18N4. The predicted molar refractivity (Wildman–Crippen MR) is 82.0 cm³/mol. The molecule has 1 atom stereocenters. The van der Waals surface area contributed by atoms with Crippen LogP contribution in [0, 0.1) is 11.3 Å². The van der Waals surface area contributed by atoms with Crippen LogP contribution in [-0.2, 0) is 0 Å². The Morgan fingerprint density at radius 1 is 1.05 bits per heavy atom. The van der Waals surface area contributed by atoms with Gasteiger partial charge in [-0.3, -0.25) is 0 Å².